The van der Waals surface area contributed by atoms with Gasteiger partial charge in [-0.3, -0.25) is 4.79 Å². The molecule has 2 unspecified atom stereocenters. The van der Waals surface area contributed by atoms with E-state index in [-0.39, 0.29) is 13.0 Å². The third-order valence-corrected chi connectivity index (χ3v) is 5.97. The molecule has 4 rings (SSSR count). The van der Waals surface area contributed by atoms with Gasteiger partial charge in [-0.05, 0) is 47.7 Å². The number of furan rings is 1. The first-order chi connectivity index (χ1) is 16.9. The van der Waals surface area contributed by atoms with Crippen LogP contribution < -0.4 is 10.6 Å². The second kappa shape index (κ2) is 11.3. The third kappa shape index (κ3) is 6.32. The molecule has 1 aromatic heterocycles. The number of aliphatic hydroxyl groups is 1. The van der Waals surface area contributed by atoms with E-state index in [9.17, 15) is 18.7 Å². The topological polar surface area (TPSA) is 74.5 Å². The van der Waals surface area contributed by atoms with Crippen molar-refractivity contribution in [2.45, 2.75) is 38.5 Å². The van der Waals surface area contributed by atoms with Crippen LogP contribution in [0.3, 0.4) is 0 Å². The molecule has 0 fully saturated rings. The van der Waals surface area contributed by atoms with Crippen molar-refractivity contribution >= 4 is 16.9 Å². The van der Waals surface area contributed by atoms with E-state index in [1.165, 1.54) is 24.0 Å². The van der Waals surface area contributed by atoms with E-state index in [2.05, 4.69) is 29.7 Å². The van der Waals surface area contributed by atoms with Crippen LogP contribution in [-0.4, -0.2) is 29.7 Å². The number of carbonyl (C=O) groups is 1. The number of halogens is 2. The Balaban J connectivity index is 1.49. The normalized spacial score (nSPS) is 13.0. The molecule has 5 nitrogen and oxygen atoms in total. The van der Waals surface area contributed by atoms with Crippen molar-refractivity contribution in [3.05, 3.63) is 107 Å². The van der Waals surface area contributed by atoms with Gasteiger partial charge in [0.2, 0.25) is 0 Å². The summed E-state index contributed by atoms with van der Waals surface area (Å²) < 4.78 is 33.0. The predicted molar refractivity (Wildman–Crippen MR) is 131 cm³/mol. The van der Waals surface area contributed by atoms with Gasteiger partial charge in [0.25, 0.3) is 5.91 Å². The zero-order valence-corrected chi connectivity index (χ0v) is 19.4. The molecular weight excluding hydrogens is 450 g/mol. The van der Waals surface area contributed by atoms with Crippen molar-refractivity contribution in [1.29, 1.82) is 0 Å². The number of fused-ring (bicyclic) bond motifs is 1. The number of benzene rings is 3. The summed E-state index contributed by atoms with van der Waals surface area (Å²) in [6, 6.07) is 17.7. The predicted octanol–water partition coefficient (Wildman–Crippen LogP) is 4.77. The lowest BCUT2D eigenvalue weighted by molar-refractivity contribution is 0.0830. The van der Waals surface area contributed by atoms with Crippen LogP contribution in [0.1, 0.15) is 34.0 Å². The van der Waals surface area contributed by atoms with Crippen LogP contribution in [0.5, 0.6) is 0 Å². The Hall–Kier alpha value is -3.55. The van der Waals surface area contributed by atoms with Gasteiger partial charge in [0, 0.05) is 24.5 Å². The van der Waals surface area contributed by atoms with Gasteiger partial charge in [-0.2, -0.15) is 0 Å². The average Bonchev–Trinajstić information content (AvgIpc) is 3.27. The summed E-state index contributed by atoms with van der Waals surface area (Å²) in [4.78, 5) is 13.1. The molecule has 4 aromatic rings. The molecule has 3 aromatic carbocycles. The van der Waals surface area contributed by atoms with E-state index in [1.807, 2.05) is 12.1 Å². The maximum Gasteiger partial charge on any atom is 0.255 e. The number of aliphatic hydroxyl groups excluding tert-OH is 1. The second-order valence-corrected chi connectivity index (χ2v) is 8.58. The molecule has 0 radical (unpaired) electrons. The molecule has 0 bridgehead atoms. The number of aryl methyl sites for hydroxylation is 1. The van der Waals surface area contributed by atoms with Crippen LogP contribution in [0.15, 0.2) is 77.4 Å². The summed E-state index contributed by atoms with van der Waals surface area (Å²) >= 11 is 0. The minimum absolute atomic E-state index is 0.0460. The Kier molecular flexibility index (Phi) is 7.90. The zero-order chi connectivity index (χ0) is 24.8. The molecule has 182 valence electrons. The molecule has 0 aliphatic carbocycles. The Labute approximate surface area is 202 Å². The highest BCUT2D eigenvalue weighted by molar-refractivity contribution is 6.06. The molecule has 0 saturated carbocycles. The van der Waals surface area contributed by atoms with Gasteiger partial charge in [-0.1, -0.05) is 49.4 Å². The second-order valence-electron chi connectivity index (χ2n) is 8.58. The highest BCUT2D eigenvalue weighted by Crippen LogP contribution is 2.21. The SMILES string of the molecule is CCc1cccc(CNCC(O)C(Cc2cc(F)cc(F)c2)NC(=O)c2coc3ccccc23)c1. The van der Waals surface area contributed by atoms with E-state index in [4.69, 9.17) is 4.42 Å². The standard InChI is InChI=1S/C28H28F2N2O3/c1-2-18-6-5-7-19(10-18)15-31-16-26(33)25(13-20-11-21(29)14-22(30)12-20)32-28(34)24-17-35-27-9-4-3-8-23(24)27/h3-12,14,17,25-26,31,33H,2,13,15-16H2,1H3,(H,32,34). The molecule has 0 aliphatic heterocycles. The molecule has 1 heterocycles. The molecule has 2 atom stereocenters. The lowest BCUT2D eigenvalue weighted by Gasteiger charge is -2.25. The molecule has 35 heavy (non-hydrogen) atoms. The summed E-state index contributed by atoms with van der Waals surface area (Å²) in [6.45, 7) is 2.79. The van der Waals surface area contributed by atoms with Gasteiger partial charge >= 0.3 is 0 Å². The van der Waals surface area contributed by atoms with Crippen LogP contribution in [0.25, 0.3) is 11.0 Å². The fraction of sp³-hybridized carbons (Fsp3) is 0.250. The first-order valence-corrected chi connectivity index (χ1v) is 11.6. The molecule has 3 N–H and O–H groups in total. The van der Waals surface area contributed by atoms with Crippen LogP contribution in [0.2, 0.25) is 0 Å². The Bertz CT molecular complexity index is 1280. The van der Waals surface area contributed by atoms with Gasteiger partial charge < -0.3 is 20.2 Å². The minimum Gasteiger partial charge on any atom is -0.463 e. The summed E-state index contributed by atoms with van der Waals surface area (Å²) in [5.74, 6) is -1.87. The lowest BCUT2D eigenvalue weighted by Crippen LogP contribution is -2.48. The van der Waals surface area contributed by atoms with E-state index in [1.54, 1.807) is 24.3 Å². The summed E-state index contributed by atoms with van der Waals surface area (Å²) in [6.07, 6.45) is 1.32. The molecular formula is C28H28F2N2O3. The van der Waals surface area contributed by atoms with Crippen molar-refractivity contribution in [1.82, 2.24) is 10.6 Å². The molecule has 0 spiro atoms. The maximum absolute atomic E-state index is 13.8. The monoisotopic (exact) mass is 478 g/mol. The molecule has 7 heteroatoms. The fourth-order valence-electron chi connectivity index (χ4n) is 4.13. The van der Waals surface area contributed by atoms with Crippen molar-refractivity contribution in [3.8, 4) is 0 Å². The minimum atomic E-state index is -1.02. The lowest BCUT2D eigenvalue weighted by atomic mass is 10.00. The fourth-order valence-corrected chi connectivity index (χ4v) is 4.13. The maximum atomic E-state index is 13.8. The zero-order valence-electron chi connectivity index (χ0n) is 19.4. The van der Waals surface area contributed by atoms with Crippen molar-refractivity contribution in [2.24, 2.45) is 0 Å². The largest absolute Gasteiger partial charge is 0.463 e. The van der Waals surface area contributed by atoms with Gasteiger partial charge in [-0.25, -0.2) is 8.78 Å². The number of carbonyl (C=O) groups excluding carboxylic acids is 1. The molecule has 1 amide bonds. The van der Waals surface area contributed by atoms with E-state index in [0.29, 0.717) is 28.6 Å². The summed E-state index contributed by atoms with van der Waals surface area (Å²) in [7, 11) is 0. The number of nitrogens with one attached hydrogen (secondary N) is 2. The van der Waals surface area contributed by atoms with Crippen LogP contribution in [0.4, 0.5) is 8.78 Å². The van der Waals surface area contributed by atoms with E-state index in [0.717, 1.165) is 18.1 Å². The number of rotatable bonds is 10. The number of hydrogen-bond donors (Lipinski definition) is 3. The first kappa shape index (κ1) is 24.6. The van der Waals surface area contributed by atoms with Crippen LogP contribution >= 0.6 is 0 Å². The van der Waals surface area contributed by atoms with Crippen molar-refractivity contribution < 1.29 is 23.1 Å². The van der Waals surface area contributed by atoms with Crippen LogP contribution in [-0.2, 0) is 19.4 Å². The third-order valence-electron chi connectivity index (χ3n) is 5.97. The molecule has 0 saturated heterocycles. The number of para-hydroxylation sites is 1. The first-order valence-electron chi connectivity index (χ1n) is 11.6. The average molecular weight is 479 g/mol. The number of hydrogen-bond acceptors (Lipinski definition) is 4. The van der Waals surface area contributed by atoms with Gasteiger partial charge in [0.05, 0.1) is 17.7 Å². The Morgan fingerprint density at radius 2 is 1.71 bits per heavy atom. The summed E-state index contributed by atoms with van der Waals surface area (Å²) in [5, 5.41) is 17.6. The van der Waals surface area contributed by atoms with E-state index < -0.39 is 29.7 Å². The van der Waals surface area contributed by atoms with Gasteiger partial charge in [0.15, 0.2) is 0 Å². The molecule has 0 aliphatic rings. The summed E-state index contributed by atoms with van der Waals surface area (Å²) in [5.41, 5.74) is 3.52. The number of amides is 1. The van der Waals surface area contributed by atoms with Gasteiger partial charge in [0.1, 0.15) is 23.5 Å². The van der Waals surface area contributed by atoms with Crippen LogP contribution in [0, 0.1) is 11.6 Å². The smallest absolute Gasteiger partial charge is 0.255 e. The van der Waals surface area contributed by atoms with Gasteiger partial charge in [-0.15, -0.1) is 0 Å². The van der Waals surface area contributed by atoms with Crippen molar-refractivity contribution in [3.63, 3.8) is 0 Å². The highest BCUT2D eigenvalue weighted by Gasteiger charge is 2.24. The highest BCUT2D eigenvalue weighted by atomic mass is 19.1. The Morgan fingerprint density at radius 1 is 0.971 bits per heavy atom. The van der Waals surface area contributed by atoms with E-state index >= 15 is 0 Å². The van der Waals surface area contributed by atoms with Crippen molar-refractivity contribution in [2.75, 3.05) is 6.54 Å². The Morgan fingerprint density at radius 3 is 2.49 bits per heavy atom. The quantitative estimate of drug-likeness (QED) is 0.307.